The summed E-state index contributed by atoms with van der Waals surface area (Å²) >= 11 is 0. The van der Waals surface area contributed by atoms with E-state index < -0.39 is 17.2 Å². The molecule has 1 aliphatic rings. The number of carbonyl (C=O) groups is 2. The van der Waals surface area contributed by atoms with Gasteiger partial charge in [0.25, 0.3) is 11.8 Å². The van der Waals surface area contributed by atoms with Gasteiger partial charge in [-0.05, 0) is 66.8 Å². The number of rotatable bonds is 8. The van der Waals surface area contributed by atoms with E-state index in [1.165, 1.54) is 24.3 Å². The summed E-state index contributed by atoms with van der Waals surface area (Å²) in [5, 5.41) is 6.01. The zero-order chi connectivity index (χ0) is 28.1. The molecule has 7 nitrogen and oxygen atoms in total. The lowest BCUT2D eigenvalue weighted by Gasteiger charge is -2.32. The first-order chi connectivity index (χ1) is 19.3. The highest BCUT2D eigenvalue weighted by Gasteiger charge is 2.23. The molecule has 0 bridgehead atoms. The van der Waals surface area contributed by atoms with Gasteiger partial charge in [-0.25, -0.2) is 8.78 Å². The number of hydrogen-bond donors (Lipinski definition) is 2. The molecule has 0 aliphatic carbocycles. The van der Waals surface area contributed by atoms with Crippen molar-refractivity contribution in [2.75, 3.05) is 19.6 Å². The molecule has 4 aromatic rings. The number of halogens is 2. The summed E-state index contributed by atoms with van der Waals surface area (Å²) in [5.41, 5.74) is 2.11. The molecule has 0 spiro atoms. The molecule has 0 saturated carbocycles. The lowest BCUT2D eigenvalue weighted by molar-refractivity contribution is 0.0880. The molecule has 2 N–H and O–H groups in total. The largest absolute Gasteiger partial charge is 0.451 e. The van der Waals surface area contributed by atoms with Crippen LogP contribution in [0.25, 0.3) is 11.0 Å². The minimum atomic E-state index is -0.545. The van der Waals surface area contributed by atoms with Gasteiger partial charge in [0.1, 0.15) is 17.2 Å². The summed E-state index contributed by atoms with van der Waals surface area (Å²) in [4.78, 5) is 39.7. The Labute approximate surface area is 229 Å². The maximum Gasteiger partial charge on any atom is 0.287 e. The number of carbonyl (C=O) groups excluding carboxylic acids is 2. The van der Waals surface area contributed by atoms with Crippen molar-refractivity contribution in [3.05, 3.63) is 117 Å². The Balaban J connectivity index is 1.07. The van der Waals surface area contributed by atoms with E-state index in [0.717, 1.165) is 49.2 Å². The van der Waals surface area contributed by atoms with Crippen LogP contribution in [0.5, 0.6) is 0 Å². The third kappa shape index (κ3) is 6.79. The molecule has 2 heterocycles. The molecule has 5 rings (SSSR count). The molecule has 2 amide bonds. The zero-order valence-electron chi connectivity index (χ0n) is 21.8. The Morgan fingerprint density at radius 2 is 1.62 bits per heavy atom. The first kappa shape index (κ1) is 27.2. The van der Waals surface area contributed by atoms with Crippen LogP contribution in [-0.4, -0.2) is 42.4 Å². The first-order valence-electron chi connectivity index (χ1n) is 13.2. The first-order valence-corrected chi connectivity index (χ1v) is 13.2. The van der Waals surface area contributed by atoms with Gasteiger partial charge < -0.3 is 15.1 Å². The Bertz CT molecular complexity index is 1580. The molecule has 9 heteroatoms. The van der Waals surface area contributed by atoms with Gasteiger partial charge in [0, 0.05) is 49.9 Å². The molecule has 1 saturated heterocycles. The number of likely N-dealkylation sites (tertiary alicyclic amines) is 1. The van der Waals surface area contributed by atoms with Crippen LogP contribution in [0, 0.1) is 11.6 Å². The minimum absolute atomic E-state index is 0.0415. The van der Waals surface area contributed by atoms with Crippen LogP contribution in [0.3, 0.4) is 0 Å². The molecule has 1 fully saturated rings. The van der Waals surface area contributed by atoms with E-state index in [1.807, 2.05) is 18.2 Å². The van der Waals surface area contributed by atoms with Gasteiger partial charge in [-0.3, -0.25) is 19.3 Å². The van der Waals surface area contributed by atoms with Gasteiger partial charge in [0.15, 0.2) is 11.2 Å². The number of benzene rings is 3. The molecular formula is C31H29F2N3O4. The van der Waals surface area contributed by atoms with Crippen molar-refractivity contribution in [1.82, 2.24) is 15.5 Å². The maximum atomic E-state index is 13.5. The summed E-state index contributed by atoms with van der Waals surface area (Å²) < 4.78 is 32.3. The lowest BCUT2D eigenvalue weighted by atomic mass is 10.0. The Kier molecular flexibility index (Phi) is 8.31. The summed E-state index contributed by atoms with van der Waals surface area (Å²) in [6.45, 7) is 2.66. The average Bonchev–Trinajstić information content (AvgIpc) is 2.94. The Morgan fingerprint density at radius 1 is 0.875 bits per heavy atom. The van der Waals surface area contributed by atoms with Crippen molar-refractivity contribution in [3.63, 3.8) is 0 Å². The van der Waals surface area contributed by atoms with Crippen LogP contribution in [0.2, 0.25) is 0 Å². The summed E-state index contributed by atoms with van der Waals surface area (Å²) in [6, 6.07) is 18.5. The SMILES string of the molecule is O=C(NCCc1cccc(F)c1)c1ccc(CN2CCC(NC(=O)c3cc(=O)c4ccc(F)cc4o3)CC2)cc1. The number of hydrogen-bond acceptors (Lipinski definition) is 5. The third-order valence-corrected chi connectivity index (χ3v) is 7.05. The van der Waals surface area contributed by atoms with Crippen molar-refractivity contribution in [3.8, 4) is 0 Å². The number of nitrogens with one attached hydrogen (secondary N) is 2. The van der Waals surface area contributed by atoms with Gasteiger partial charge in [0.2, 0.25) is 0 Å². The van der Waals surface area contributed by atoms with E-state index in [2.05, 4.69) is 15.5 Å². The molecule has 0 radical (unpaired) electrons. The standard InChI is InChI=1S/C31H29F2N3O4/c32-23-3-1-2-20(16-23)10-13-34-30(38)22-6-4-21(5-7-22)19-36-14-11-25(12-15-36)35-31(39)29-18-27(37)26-9-8-24(33)17-28(26)40-29/h1-9,16-18,25H,10-15,19H2,(H,34,38)(H,35,39). The average molecular weight is 546 g/mol. The third-order valence-electron chi connectivity index (χ3n) is 7.05. The monoisotopic (exact) mass is 545 g/mol. The van der Waals surface area contributed by atoms with E-state index in [-0.39, 0.29) is 34.5 Å². The van der Waals surface area contributed by atoms with Crippen LogP contribution < -0.4 is 16.1 Å². The summed E-state index contributed by atoms with van der Waals surface area (Å²) in [5.74, 6) is -1.64. The van der Waals surface area contributed by atoms with Crippen molar-refractivity contribution in [2.45, 2.75) is 31.8 Å². The van der Waals surface area contributed by atoms with Crippen LogP contribution >= 0.6 is 0 Å². The minimum Gasteiger partial charge on any atom is -0.451 e. The van der Waals surface area contributed by atoms with E-state index in [4.69, 9.17) is 4.42 Å². The van der Waals surface area contributed by atoms with Crippen molar-refractivity contribution < 1.29 is 22.8 Å². The van der Waals surface area contributed by atoms with Crippen LogP contribution in [0.4, 0.5) is 8.78 Å². The number of fused-ring (bicyclic) bond motifs is 1. The number of piperidine rings is 1. The topological polar surface area (TPSA) is 91.7 Å². The molecule has 40 heavy (non-hydrogen) atoms. The van der Waals surface area contributed by atoms with Gasteiger partial charge in [-0.1, -0.05) is 24.3 Å². The van der Waals surface area contributed by atoms with Crippen molar-refractivity contribution >= 4 is 22.8 Å². The highest BCUT2D eigenvalue weighted by atomic mass is 19.1. The van der Waals surface area contributed by atoms with Gasteiger partial charge >= 0.3 is 0 Å². The van der Waals surface area contributed by atoms with Gasteiger partial charge in [-0.15, -0.1) is 0 Å². The maximum absolute atomic E-state index is 13.5. The Morgan fingerprint density at radius 3 is 2.38 bits per heavy atom. The molecule has 0 unspecified atom stereocenters. The van der Waals surface area contributed by atoms with Crippen LogP contribution in [0.15, 0.2) is 82.0 Å². The smallest absolute Gasteiger partial charge is 0.287 e. The molecule has 0 atom stereocenters. The van der Waals surface area contributed by atoms with E-state index in [1.54, 1.807) is 18.2 Å². The lowest BCUT2D eigenvalue weighted by Crippen LogP contribution is -2.44. The fourth-order valence-electron chi connectivity index (χ4n) is 4.87. The molecule has 3 aromatic carbocycles. The van der Waals surface area contributed by atoms with E-state index in [0.29, 0.717) is 25.1 Å². The predicted molar refractivity (Wildman–Crippen MR) is 147 cm³/mol. The fraction of sp³-hybridized carbons (Fsp3) is 0.258. The van der Waals surface area contributed by atoms with Gasteiger partial charge in [-0.2, -0.15) is 0 Å². The van der Waals surface area contributed by atoms with Crippen LogP contribution in [0.1, 0.15) is 44.9 Å². The summed E-state index contributed by atoms with van der Waals surface area (Å²) in [6.07, 6.45) is 2.00. The van der Waals surface area contributed by atoms with Crippen molar-refractivity contribution in [1.29, 1.82) is 0 Å². The number of nitrogens with zero attached hydrogens (tertiary/aromatic N) is 1. The molecule has 1 aromatic heterocycles. The quantitative estimate of drug-likeness (QED) is 0.342. The zero-order valence-corrected chi connectivity index (χ0v) is 21.8. The second kappa shape index (κ2) is 12.2. The second-order valence-electron chi connectivity index (χ2n) is 9.97. The highest BCUT2D eigenvalue weighted by molar-refractivity contribution is 5.94. The Hall–Kier alpha value is -4.37. The number of amides is 2. The molecular weight excluding hydrogens is 516 g/mol. The van der Waals surface area contributed by atoms with Crippen LogP contribution in [-0.2, 0) is 13.0 Å². The van der Waals surface area contributed by atoms with E-state index in [9.17, 15) is 23.2 Å². The van der Waals surface area contributed by atoms with E-state index >= 15 is 0 Å². The summed E-state index contributed by atoms with van der Waals surface area (Å²) in [7, 11) is 0. The highest BCUT2D eigenvalue weighted by Crippen LogP contribution is 2.17. The molecule has 1 aliphatic heterocycles. The van der Waals surface area contributed by atoms with Crippen molar-refractivity contribution in [2.24, 2.45) is 0 Å². The molecule has 206 valence electrons. The normalized spacial score (nSPS) is 14.2. The second-order valence-corrected chi connectivity index (χ2v) is 9.97. The fourth-order valence-corrected chi connectivity index (χ4v) is 4.87. The predicted octanol–water partition coefficient (Wildman–Crippen LogP) is 4.44. The van der Waals surface area contributed by atoms with Gasteiger partial charge in [0.05, 0.1) is 5.39 Å².